The van der Waals surface area contributed by atoms with E-state index in [0.29, 0.717) is 18.0 Å². The average molecular weight is 316 g/mol. The highest BCUT2D eigenvalue weighted by Crippen LogP contribution is 2.32. The Bertz CT molecular complexity index is 546. The highest BCUT2D eigenvalue weighted by Gasteiger charge is 2.32. The predicted octanol–water partition coefficient (Wildman–Crippen LogP) is 2.86. The van der Waals surface area contributed by atoms with Crippen LogP contribution in [-0.4, -0.2) is 25.3 Å². The van der Waals surface area contributed by atoms with Crippen LogP contribution in [0.1, 0.15) is 48.8 Å². The van der Waals surface area contributed by atoms with Crippen LogP contribution in [0.25, 0.3) is 0 Å². The van der Waals surface area contributed by atoms with Crippen molar-refractivity contribution in [1.82, 2.24) is 4.31 Å². The van der Waals surface area contributed by atoms with Crippen LogP contribution < -0.4 is 5.73 Å². The largest absolute Gasteiger partial charge is 0.326 e. The van der Waals surface area contributed by atoms with E-state index in [2.05, 4.69) is 0 Å². The summed E-state index contributed by atoms with van der Waals surface area (Å²) in [5.74, 6) is 0. The number of nitrogens with zero attached hydrogens (tertiary/aromatic N) is 1. The van der Waals surface area contributed by atoms with Gasteiger partial charge in [-0.25, -0.2) is 8.42 Å². The second kappa shape index (κ2) is 6.56. The molecule has 0 aromatic carbocycles. The monoisotopic (exact) mass is 316 g/mol. The highest BCUT2D eigenvalue weighted by molar-refractivity contribution is 7.89. The van der Waals surface area contributed by atoms with Gasteiger partial charge in [-0.2, -0.15) is 4.31 Å². The first-order valence-corrected chi connectivity index (χ1v) is 9.57. The second-order valence-electron chi connectivity index (χ2n) is 5.34. The van der Waals surface area contributed by atoms with Gasteiger partial charge in [0, 0.05) is 28.9 Å². The van der Waals surface area contributed by atoms with Crippen molar-refractivity contribution < 1.29 is 8.42 Å². The van der Waals surface area contributed by atoms with Gasteiger partial charge >= 0.3 is 0 Å². The quantitative estimate of drug-likeness (QED) is 0.908. The number of aryl methyl sites for hydroxylation is 1. The number of sulfonamides is 1. The molecule has 2 rings (SSSR count). The molecule has 1 aromatic heterocycles. The molecule has 1 heterocycles. The van der Waals surface area contributed by atoms with Crippen LogP contribution in [0.5, 0.6) is 0 Å². The Hall–Kier alpha value is -0.430. The van der Waals surface area contributed by atoms with Crippen molar-refractivity contribution in [2.75, 3.05) is 6.54 Å². The van der Waals surface area contributed by atoms with Crippen LogP contribution in [0.3, 0.4) is 0 Å². The Morgan fingerprint density at radius 2 is 2.00 bits per heavy atom. The second-order valence-corrected chi connectivity index (χ2v) is 8.54. The zero-order valence-electron chi connectivity index (χ0n) is 12.3. The lowest BCUT2D eigenvalue weighted by atomic mass is 9.95. The fraction of sp³-hybridized carbons (Fsp3) is 0.714. The third-order valence-electron chi connectivity index (χ3n) is 4.00. The van der Waals surface area contributed by atoms with E-state index in [9.17, 15) is 8.42 Å². The van der Waals surface area contributed by atoms with Crippen molar-refractivity contribution in [3.05, 3.63) is 15.8 Å². The minimum absolute atomic E-state index is 0.166. The number of thiophene rings is 1. The summed E-state index contributed by atoms with van der Waals surface area (Å²) in [6.07, 6.45) is 5.46. The van der Waals surface area contributed by atoms with Crippen molar-refractivity contribution in [3.8, 4) is 0 Å². The molecular weight excluding hydrogens is 292 g/mol. The maximum atomic E-state index is 12.9. The summed E-state index contributed by atoms with van der Waals surface area (Å²) >= 11 is 1.48. The minimum atomic E-state index is -3.38. The lowest BCUT2D eigenvalue weighted by Crippen LogP contribution is -2.41. The van der Waals surface area contributed by atoms with Crippen LogP contribution >= 0.6 is 11.3 Å². The van der Waals surface area contributed by atoms with Gasteiger partial charge in [0.1, 0.15) is 0 Å². The molecule has 4 nitrogen and oxygen atoms in total. The number of rotatable bonds is 5. The standard InChI is InChI=1S/C14H24N2O2S2/c1-3-16(12-7-5-4-6-8-12)20(17,18)14-9-13(10-15)19-11(14)2/h9,12H,3-8,10,15H2,1-2H3. The van der Waals surface area contributed by atoms with Gasteiger partial charge in [-0.1, -0.05) is 26.2 Å². The van der Waals surface area contributed by atoms with E-state index in [1.807, 2.05) is 13.8 Å². The van der Waals surface area contributed by atoms with Crippen molar-refractivity contribution >= 4 is 21.4 Å². The van der Waals surface area contributed by atoms with Crippen LogP contribution in [-0.2, 0) is 16.6 Å². The Morgan fingerprint density at radius 1 is 1.35 bits per heavy atom. The fourth-order valence-corrected chi connectivity index (χ4v) is 6.18. The first kappa shape index (κ1) is 15.9. The van der Waals surface area contributed by atoms with Crippen molar-refractivity contribution in [2.24, 2.45) is 5.73 Å². The maximum Gasteiger partial charge on any atom is 0.244 e. The molecule has 0 atom stereocenters. The van der Waals surface area contributed by atoms with Gasteiger partial charge in [-0.15, -0.1) is 11.3 Å². The molecule has 0 unspecified atom stereocenters. The zero-order chi connectivity index (χ0) is 14.8. The van der Waals surface area contributed by atoms with Gasteiger partial charge in [0.05, 0.1) is 4.90 Å². The summed E-state index contributed by atoms with van der Waals surface area (Å²) in [6, 6.07) is 1.92. The van der Waals surface area contributed by atoms with Crippen LogP contribution in [0, 0.1) is 6.92 Å². The van der Waals surface area contributed by atoms with E-state index in [1.165, 1.54) is 17.8 Å². The number of hydrogen-bond donors (Lipinski definition) is 1. The third-order valence-corrected chi connectivity index (χ3v) is 7.36. The molecule has 0 aliphatic heterocycles. The molecule has 0 bridgehead atoms. The summed E-state index contributed by atoms with van der Waals surface area (Å²) < 4.78 is 27.5. The molecule has 20 heavy (non-hydrogen) atoms. The topological polar surface area (TPSA) is 63.4 Å². The molecule has 1 fully saturated rings. The number of hydrogen-bond acceptors (Lipinski definition) is 4. The van der Waals surface area contributed by atoms with E-state index in [0.717, 1.165) is 35.4 Å². The molecule has 114 valence electrons. The normalized spacial score (nSPS) is 17.8. The Balaban J connectivity index is 2.32. The summed E-state index contributed by atoms with van der Waals surface area (Å²) in [4.78, 5) is 2.23. The van der Waals surface area contributed by atoms with Gasteiger partial charge in [-0.3, -0.25) is 0 Å². The number of nitrogens with two attached hydrogens (primary N) is 1. The summed E-state index contributed by atoms with van der Waals surface area (Å²) in [7, 11) is -3.38. The first-order chi connectivity index (χ1) is 9.50. The molecule has 1 aromatic rings. The Labute approximate surface area is 126 Å². The summed E-state index contributed by atoms with van der Waals surface area (Å²) in [5, 5.41) is 0. The van der Waals surface area contributed by atoms with E-state index in [1.54, 1.807) is 10.4 Å². The van der Waals surface area contributed by atoms with E-state index in [4.69, 9.17) is 5.73 Å². The van der Waals surface area contributed by atoms with Crippen LogP contribution in [0.2, 0.25) is 0 Å². The van der Waals surface area contributed by atoms with Crippen molar-refractivity contribution in [1.29, 1.82) is 0 Å². The molecule has 1 aliphatic carbocycles. The molecule has 1 aliphatic rings. The van der Waals surface area contributed by atoms with Crippen LogP contribution in [0.15, 0.2) is 11.0 Å². The predicted molar refractivity (Wildman–Crippen MR) is 83.4 cm³/mol. The zero-order valence-corrected chi connectivity index (χ0v) is 13.9. The van der Waals surface area contributed by atoms with Gasteiger partial charge in [0.2, 0.25) is 10.0 Å². The lowest BCUT2D eigenvalue weighted by Gasteiger charge is -2.32. The molecular formula is C14H24N2O2S2. The van der Waals surface area contributed by atoms with Crippen molar-refractivity contribution in [2.45, 2.75) is 63.4 Å². The summed E-state index contributed by atoms with van der Waals surface area (Å²) in [5.41, 5.74) is 5.63. The Morgan fingerprint density at radius 3 is 2.50 bits per heavy atom. The van der Waals surface area contributed by atoms with E-state index >= 15 is 0 Å². The van der Waals surface area contributed by atoms with E-state index in [-0.39, 0.29) is 6.04 Å². The van der Waals surface area contributed by atoms with E-state index < -0.39 is 10.0 Å². The van der Waals surface area contributed by atoms with Crippen LogP contribution in [0.4, 0.5) is 0 Å². The lowest BCUT2D eigenvalue weighted by molar-refractivity contribution is 0.261. The minimum Gasteiger partial charge on any atom is -0.326 e. The van der Waals surface area contributed by atoms with Gasteiger partial charge in [0.25, 0.3) is 0 Å². The molecule has 0 spiro atoms. The molecule has 0 amide bonds. The van der Waals surface area contributed by atoms with Crippen molar-refractivity contribution in [3.63, 3.8) is 0 Å². The SMILES string of the molecule is CCN(C1CCCCC1)S(=O)(=O)c1cc(CN)sc1C. The smallest absolute Gasteiger partial charge is 0.244 e. The Kier molecular flexibility index (Phi) is 5.23. The van der Waals surface area contributed by atoms with Gasteiger partial charge in [-0.05, 0) is 25.8 Å². The highest BCUT2D eigenvalue weighted by atomic mass is 32.2. The molecule has 0 saturated heterocycles. The molecule has 1 saturated carbocycles. The molecule has 0 radical (unpaired) electrons. The molecule has 2 N–H and O–H groups in total. The molecule has 6 heteroatoms. The summed E-state index contributed by atoms with van der Waals surface area (Å²) in [6.45, 7) is 4.74. The first-order valence-electron chi connectivity index (χ1n) is 7.32. The van der Waals surface area contributed by atoms with Gasteiger partial charge in [0.15, 0.2) is 0 Å². The van der Waals surface area contributed by atoms with Gasteiger partial charge < -0.3 is 5.73 Å². The fourth-order valence-electron chi connectivity index (χ4n) is 3.00. The third kappa shape index (κ3) is 3.08. The average Bonchev–Trinajstić information content (AvgIpc) is 2.82. The maximum absolute atomic E-state index is 12.9.